The summed E-state index contributed by atoms with van der Waals surface area (Å²) in [5.74, 6) is -0.932. The highest BCUT2D eigenvalue weighted by Gasteiger charge is 2.26. The minimum atomic E-state index is -0.804. The Morgan fingerprint density at radius 3 is 2.65 bits per heavy atom. The van der Waals surface area contributed by atoms with Gasteiger partial charge in [0.25, 0.3) is 5.91 Å². The summed E-state index contributed by atoms with van der Waals surface area (Å²) in [7, 11) is 0. The van der Waals surface area contributed by atoms with Gasteiger partial charge in [0, 0.05) is 29.1 Å². The highest BCUT2D eigenvalue weighted by Crippen LogP contribution is 2.37. The van der Waals surface area contributed by atoms with Crippen molar-refractivity contribution in [2.24, 2.45) is 0 Å². The van der Waals surface area contributed by atoms with Crippen LogP contribution in [0.25, 0.3) is 22.8 Å². The molecule has 0 spiro atoms. The average molecular weight is 412 g/mol. The Bertz CT molecular complexity index is 1200. The zero-order valence-corrected chi connectivity index (χ0v) is 17.2. The summed E-state index contributed by atoms with van der Waals surface area (Å²) in [6, 6.07) is 16.1. The second-order valence-electron chi connectivity index (χ2n) is 8.21. The zero-order chi connectivity index (χ0) is 21.4. The van der Waals surface area contributed by atoms with Crippen LogP contribution in [-0.4, -0.2) is 22.0 Å². The van der Waals surface area contributed by atoms with E-state index < -0.39 is 5.97 Å². The lowest BCUT2D eigenvalue weighted by molar-refractivity contribution is -0.137. The second-order valence-corrected chi connectivity index (χ2v) is 8.21. The molecule has 1 aliphatic heterocycles. The van der Waals surface area contributed by atoms with Crippen LogP contribution in [0, 0.1) is 0 Å². The molecule has 0 radical (unpaired) electrons. The number of carbonyl (C=O) groups is 2. The number of aliphatic carboxylic acids is 1. The molecular weight excluding hydrogens is 388 g/mol. The molecule has 0 atom stereocenters. The number of aryl methyl sites for hydroxylation is 1. The summed E-state index contributed by atoms with van der Waals surface area (Å²) in [5, 5.41) is 12.2. The van der Waals surface area contributed by atoms with Crippen molar-refractivity contribution in [3.8, 4) is 11.1 Å². The van der Waals surface area contributed by atoms with Crippen LogP contribution in [0.1, 0.15) is 47.3 Å². The van der Waals surface area contributed by atoms with E-state index in [2.05, 4.69) is 10.3 Å². The molecule has 1 aliphatic carbocycles. The Morgan fingerprint density at radius 1 is 1.03 bits per heavy atom. The first-order chi connectivity index (χ1) is 15.1. The molecule has 1 amide bonds. The summed E-state index contributed by atoms with van der Waals surface area (Å²) in [6.07, 6.45) is 6.65. The SMILES string of the molecule is O=C(O)CCc1c(/C=C2/C(=O)Nc3cc(-c4ccccc4)ccc32)[nH]c2c1CCCC2. The van der Waals surface area contributed by atoms with E-state index in [0.29, 0.717) is 12.0 Å². The van der Waals surface area contributed by atoms with Crippen molar-refractivity contribution >= 4 is 29.2 Å². The number of H-pyrrole nitrogens is 1. The van der Waals surface area contributed by atoms with Gasteiger partial charge in [0.05, 0.1) is 5.57 Å². The van der Waals surface area contributed by atoms with E-state index >= 15 is 0 Å². The maximum absolute atomic E-state index is 12.8. The van der Waals surface area contributed by atoms with Gasteiger partial charge in [0.1, 0.15) is 0 Å². The van der Waals surface area contributed by atoms with Gasteiger partial charge in [0.15, 0.2) is 0 Å². The Morgan fingerprint density at radius 2 is 1.84 bits per heavy atom. The highest BCUT2D eigenvalue weighted by molar-refractivity contribution is 6.35. The number of rotatable bonds is 5. The van der Waals surface area contributed by atoms with Gasteiger partial charge < -0.3 is 15.4 Å². The van der Waals surface area contributed by atoms with Gasteiger partial charge in [0.2, 0.25) is 0 Å². The number of aromatic nitrogens is 1. The molecule has 31 heavy (non-hydrogen) atoms. The normalized spacial score (nSPS) is 16.1. The lowest BCUT2D eigenvalue weighted by atomic mass is 9.92. The maximum atomic E-state index is 12.8. The molecule has 2 aliphatic rings. The zero-order valence-electron chi connectivity index (χ0n) is 17.2. The fraction of sp³-hybridized carbons (Fsp3) is 0.231. The number of fused-ring (bicyclic) bond motifs is 2. The first kappa shape index (κ1) is 19.4. The quantitative estimate of drug-likeness (QED) is 0.512. The van der Waals surface area contributed by atoms with E-state index in [1.807, 2.05) is 54.6 Å². The summed E-state index contributed by atoms with van der Waals surface area (Å²) in [5.41, 5.74) is 8.81. The fourth-order valence-electron chi connectivity index (χ4n) is 4.71. The fourth-order valence-corrected chi connectivity index (χ4v) is 4.71. The molecule has 3 aromatic rings. The van der Waals surface area contributed by atoms with E-state index in [9.17, 15) is 14.7 Å². The molecule has 3 N–H and O–H groups in total. The number of carbonyl (C=O) groups excluding carboxylic acids is 1. The standard InChI is InChI=1S/C26H24N2O3/c29-25(30)13-12-19-18-8-4-5-9-22(18)27-24(19)15-21-20-11-10-17(14-23(20)28-26(21)31)16-6-2-1-3-7-16/h1-3,6-7,10-11,14-15,27H,4-5,8-9,12-13H2,(H,28,31)(H,29,30)/b21-15+. The van der Waals surface area contributed by atoms with Crippen molar-refractivity contribution in [3.05, 3.63) is 76.6 Å². The summed E-state index contributed by atoms with van der Waals surface area (Å²) in [6.45, 7) is 0. The topological polar surface area (TPSA) is 82.2 Å². The summed E-state index contributed by atoms with van der Waals surface area (Å²) >= 11 is 0. The van der Waals surface area contributed by atoms with Crippen LogP contribution in [0.5, 0.6) is 0 Å². The first-order valence-electron chi connectivity index (χ1n) is 10.8. The van der Waals surface area contributed by atoms with Gasteiger partial charge in [-0.2, -0.15) is 0 Å². The van der Waals surface area contributed by atoms with Crippen LogP contribution in [0.3, 0.4) is 0 Å². The average Bonchev–Trinajstić information content (AvgIpc) is 3.29. The van der Waals surface area contributed by atoms with Crippen LogP contribution in [0.15, 0.2) is 48.5 Å². The van der Waals surface area contributed by atoms with Gasteiger partial charge in [-0.05, 0) is 66.5 Å². The van der Waals surface area contributed by atoms with E-state index in [1.54, 1.807) is 0 Å². The minimum Gasteiger partial charge on any atom is -0.481 e. The molecule has 2 heterocycles. The molecule has 0 unspecified atom stereocenters. The van der Waals surface area contributed by atoms with Gasteiger partial charge in [-0.15, -0.1) is 0 Å². The van der Waals surface area contributed by atoms with Crippen LogP contribution in [0.2, 0.25) is 0 Å². The Balaban J connectivity index is 1.54. The predicted octanol–water partition coefficient (Wildman–Crippen LogP) is 5.07. The number of aromatic amines is 1. The smallest absolute Gasteiger partial charge is 0.303 e. The van der Waals surface area contributed by atoms with Crippen molar-refractivity contribution in [1.82, 2.24) is 4.98 Å². The molecule has 156 valence electrons. The van der Waals surface area contributed by atoms with Crippen molar-refractivity contribution in [3.63, 3.8) is 0 Å². The minimum absolute atomic E-state index is 0.0870. The van der Waals surface area contributed by atoms with E-state index in [0.717, 1.165) is 59.3 Å². The van der Waals surface area contributed by atoms with Crippen LogP contribution < -0.4 is 5.32 Å². The molecule has 5 heteroatoms. The largest absolute Gasteiger partial charge is 0.481 e. The van der Waals surface area contributed by atoms with Crippen molar-refractivity contribution < 1.29 is 14.7 Å². The highest BCUT2D eigenvalue weighted by atomic mass is 16.4. The molecule has 0 saturated heterocycles. The lowest BCUT2D eigenvalue weighted by Crippen LogP contribution is -2.05. The van der Waals surface area contributed by atoms with E-state index in [-0.39, 0.29) is 12.3 Å². The van der Waals surface area contributed by atoms with Gasteiger partial charge in [-0.3, -0.25) is 9.59 Å². The van der Waals surface area contributed by atoms with E-state index in [4.69, 9.17) is 0 Å². The number of hydrogen-bond acceptors (Lipinski definition) is 2. The van der Waals surface area contributed by atoms with Gasteiger partial charge >= 0.3 is 5.97 Å². The Kier molecular flexibility index (Phi) is 4.94. The maximum Gasteiger partial charge on any atom is 0.303 e. The van der Waals surface area contributed by atoms with Crippen LogP contribution >= 0.6 is 0 Å². The van der Waals surface area contributed by atoms with Crippen LogP contribution in [-0.2, 0) is 28.9 Å². The molecule has 5 nitrogen and oxygen atoms in total. The summed E-state index contributed by atoms with van der Waals surface area (Å²) in [4.78, 5) is 27.5. The van der Waals surface area contributed by atoms with Crippen molar-refractivity contribution in [2.75, 3.05) is 5.32 Å². The third-order valence-electron chi connectivity index (χ3n) is 6.23. The third kappa shape index (κ3) is 3.67. The number of hydrogen-bond donors (Lipinski definition) is 3. The van der Waals surface area contributed by atoms with Gasteiger partial charge in [-0.25, -0.2) is 0 Å². The van der Waals surface area contributed by atoms with Crippen molar-refractivity contribution in [1.29, 1.82) is 0 Å². The van der Waals surface area contributed by atoms with Crippen molar-refractivity contribution in [2.45, 2.75) is 38.5 Å². The van der Waals surface area contributed by atoms with Crippen LogP contribution in [0.4, 0.5) is 5.69 Å². The first-order valence-corrected chi connectivity index (χ1v) is 10.8. The molecule has 0 saturated carbocycles. The predicted molar refractivity (Wildman–Crippen MR) is 122 cm³/mol. The van der Waals surface area contributed by atoms with Gasteiger partial charge in [-0.1, -0.05) is 42.5 Å². The molecule has 1 aromatic heterocycles. The van der Waals surface area contributed by atoms with E-state index in [1.165, 1.54) is 11.3 Å². The second kappa shape index (κ2) is 7.91. The number of benzene rings is 2. The molecular formula is C26H24N2O3. The number of carboxylic acid groups (broad SMARTS) is 1. The lowest BCUT2D eigenvalue weighted by Gasteiger charge is -2.12. The number of carboxylic acids is 1. The number of anilines is 1. The molecule has 2 aromatic carbocycles. The summed E-state index contributed by atoms with van der Waals surface area (Å²) < 4.78 is 0. The number of nitrogens with one attached hydrogen (secondary N) is 2. The number of amides is 1. The molecule has 5 rings (SSSR count). The molecule has 0 fully saturated rings. The monoisotopic (exact) mass is 412 g/mol. The molecule has 0 bridgehead atoms. The third-order valence-corrected chi connectivity index (χ3v) is 6.23. The Hall–Kier alpha value is -3.60. The Labute approximate surface area is 180 Å².